The van der Waals surface area contributed by atoms with Gasteiger partial charge in [-0.2, -0.15) is 0 Å². The first-order valence-corrected chi connectivity index (χ1v) is 10.4. The topological polar surface area (TPSA) is 41.6 Å². The average molecular weight is 401 g/mol. The van der Waals surface area contributed by atoms with Crippen LogP contribution < -0.4 is 15.0 Å². The van der Waals surface area contributed by atoms with Crippen molar-refractivity contribution >= 4 is 17.3 Å². The van der Waals surface area contributed by atoms with E-state index in [4.69, 9.17) is 4.74 Å². The zero-order valence-electron chi connectivity index (χ0n) is 18.0. The second-order valence-corrected chi connectivity index (χ2v) is 8.11. The largest absolute Gasteiger partial charge is 0.497 e. The molecule has 0 fully saturated rings. The maximum Gasteiger partial charge on any atom is 0.258 e. The van der Waals surface area contributed by atoms with Crippen molar-refractivity contribution in [3.05, 3.63) is 89.0 Å². The molecule has 1 aliphatic rings. The summed E-state index contributed by atoms with van der Waals surface area (Å²) >= 11 is 0. The van der Waals surface area contributed by atoms with Crippen molar-refractivity contribution in [3.8, 4) is 5.75 Å². The van der Waals surface area contributed by atoms with Gasteiger partial charge in [0.05, 0.1) is 13.2 Å². The first-order chi connectivity index (χ1) is 14.5. The van der Waals surface area contributed by atoms with E-state index in [2.05, 4.69) is 68.6 Å². The first-order valence-electron chi connectivity index (χ1n) is 10.4. The molecule has 4 rings (SSSR count). The third-order valence-electron chi connectivity index (χ3n) is 5.78. The number of ether oxygens (including phenoxy) is 1. The number of nitrogens with zero attached hydrogens (tertiary/aromatic N) is 1. The molecule has 4 nitrogen and oxygen atoms in total. The number of fused-ring (bicyclic) bond motifs is 1. The Kier molecular flexibility index (Phi) is 5.49. The van der Waals surface area contributed by atoms with Gasteiger partial charge in [0.2, 0.25) is 0 Å². The van der Waals surface area contributed by atoms with Gasteiger partial charge in [-0.3, -0.25) is 4.79 Å². The summed E-state index contributed by atoms with van der Waals surface area (Å²) in [7, 11) is 1.63. The van der Waals surface area contributed by atoms with Gasteiger partial charge < -0.3 is 15.0 Å². The summed E-state index contributed by atoms with van der Waals surface area (Å²) in [5, 5.41) is 3.68. The molecule has 0 radical (unpaired) electrons. The van der Waals surface area contributed by atoms with Gasteiger partial charge in [0.25, 0.3) is 5.91 Å². The van der Waals surface area contributed by atoms with E-state index in [0.717, 1.165) is 29.1 Å². The van der Waals surface area contributed by atoms with Crippen molar-refractivity contribution in [1.82, 2.24) is 0 Å². The zero-order valence-corrected chi connectivity index (χ0v) is 18.0. The molecule has 1 amide bonds. The zero-order chi connectivity index (χ0) is 21.3. The van der Waals surface area contributed by atoms with E-state index >= 15 is 0 Å². The van der Waals surface area contributed by atoms with Crippen LogP contribution in [0.2, 0.25) is 0 Å². The SMILES string of the molecule is COc1ccc(C(=O)N2c3ccc(C)cc3C(Nc3ccc(C)cc3)C[C@@H]2C)cc1. The molecule has 1 aliphatic heterocycles. The second kappa shape index (κ2) is 8.23. The minimum atomic E-state index is 0.0176. The molecule has 0 saturated heterocycles. The number of carbonyl (C=O) groups is 1. The van der Waals surface area contributed by atoms with E-state index < -0.39 is 0 Å². The lowest BCUT2D eigenvalue weighted by atomic mass is 9.89. The summed E-state index contributed by atoms with van der Waals surface area (Å²) in [6.07, 6.45) is 0.840. The molecule has 3 aromatic carbocycles. The van der Waals surface area contributed by atoms with Crippen molar-refractivity contribution in [2.45, 2.75) is 39.3 Å². The first kappa shape index (κ1) is 20.0. The molecular weight excluding hydrogens is 372 g/mol. The third kappa shape index (κ3) is 3.90. The number of nitrogens with one attached hydrogen (secondary N) is 1. The lowest BCUT2D eigenvalue weighted by Crippen LogP contribution is -2.44. The van der Waals surface area contributed by atoms with Crippen LogP contribution in [0.25, 0.3) is 0 Å². The van der Waals surface area contributed by atoms with Gasteiger partial charge in [-0.25, -0.2) is 0 Å². The highest BCUT2D eigenvalue weighted by molar-refractivity contribution is 6.07. The molecule has 2 atom stereocenters. The predicted molar refractivity (Wildman–Crippen MR) is 123 cm³/mol. The molecule has 0 bridgehead atoms. The molecular formula is C26H28N2O2. The van der Waals surface area contributed by atoms with Crippen LogP contribution in [0.3, 0.4) is 0 Å². The summed E-state index contributed by atoms with van der Waals surface area (Å²) in [6.45, 7) is 6.30. The van der Waals surface area contributed by atoms with E-state index in [9.17, 15) is 4.79 Å². The number of carbonyl (C=O) groups excluding carboxylic acids is 1. The monoisotopic (exact) mass is 400 g/mol. The maximum absolute atomic E-state index is 13.4. The number of benzene rings is 3. The van der Waals surface area contributed by atoms with Gasteiger partial charge in [0.1, 0.15) is 5.75 Å². The summed E-state index contributed by atoms with van der Waals surface area (Å²) in [4.78, 5) is 15.4. The number of aryl methyl sites for hydroxylation is 2. The summed E-state index contributed by atoms with van der Waals surface area (Å²) in [5.41, 5.74) is 6.33. The fraction of sp³-hybridized carbons (Fsp3) is 0.269. The Morgan fingerprint density at radius 2 is 1.63 bits per heavy atom. The van der Waals surface area contributed by atoms with Crippen molar-refractivity contribution in [2.75, 3.05) is 17.3 Å². The Morgan fingerprint density at radius 3 is 2.30 bits per heavy atom. The Balaban J connectivity index is 1.68. The Hall–Kier alpha value is -3.27. The molecule has 4 heteroatoms. The highest BCUT2D eigenvalue weighted by Gasteiger charge is 2.34. The minimum Gasteiger partial charge on any atom is -0.497 e. The molecule has 0 aliphatic carbocycles. The Morgan fingerprint density at radius 1 is 0.967 bits per heavy atom. The van der Waals surface area contributed by atoms with Crippen molar-refractivity contribution < 1.29 is 9.53 Å². The molecule has 1 unspecified atom stereocenters. The van der Waals surface area contributed by atoms with Crippen LogP contribution >= 0.6 is 0 Å². The summed E-state index contributed by atoms with van der Waals surface area (Å²) in [6, 6.07) is 22.4. The molecule has 1 heterocycles. The number of anilines is 2. The van der Waals surface area contributed by atoms with Crippen LogP contribution in [0, 0.1) is 13.8 Å². The molecule has 3 aromatic rings. The molecule has 0 saturated carbocycles. The standard InChI is InChI=1S/C26H28N2O2/c1-17-5-10-21(11-6-17)27-24-16-19(3)28(25-14-7-18(2)15-23(24)25)26(29)20-8-12-22(30-4)13-9-20/h5-15,19,24,27H,16H2,1-4H3/t19-,24?/m0/s1. The molecule has 30 heavy (non-hydrogen) atoms. The summed E-state index contributed by atoms with van der Waals surface area (Å²) in [5.74, 6) is 0.765. The fourth-order valence-corrected chi connectivity index (χ4v) is 4.15. The smallest absolute Gasteiger partial charge is 0.258 e. The van der Waals surface area contributed by atoms with E-state index in [1.165, 1.54) is 11.1 Å². The average Bonchev–Trinajstić information content (AvgIpc) is 2.75. The van der Waals surface area contributed by atoms with E-state index in [1.807, 2.05) is 29.2 Å². The maximum atomic E-state index is 13.4. The van der Waals surface area contributed by atoms with Crippen LogP contribution in [0.1, 0.15) is 46.4 Å². The van der Waals surface area contributed by atoms with Crippen molar-refractivity contribution in [2.24, 2.45) is 0 Å². The lowest BCUT2D eigenvalue weighted by Gasteiger charge is -2.40. The van der Waals surface area contributed by atoms with Crippen molar-refractivity contribution in [1.29, 1.82) is 0 Å². The quantitative estimate of drug-likeness (QED) is 0.592. The molecule has 0 aromatic heterocycles. The lowest BCUT2D eigenvalue weighted by molar-refractivity contribution is 0.0974. The number of rotatable bonds is 4. The van der Waals surface area contributed by atoms with Crippen LogP contribution in [-0.4, -0.2) is 19.1 Å². The number of hydrogen-bond acceptors (Lipinski definition) is 3. The van der Waals surface area contributed by atoms with Crippen LogP contribution in [0.15, 0.2) is 66.7 Å². The van der Waals surface area contributed by atoms with Gasteiger partial charge in [-0.1, -0.05) is 35.4 Å². The van der Waals surface area contributed by atoms with E-state index in [1.54, 1.807) is 7.11 Å². The second-order valence-electron chi connectivity index (χ2n) is 8.11. The molecule has 154 valence electrons. The number of hydrogen-bond donors (Lipinski definition) is 1. The Labute approximate surface area is 178 Å². The van der Waals surface area contributed by atoms with Gasteiger partial charge in [-0.15, -0.1) is 0 Å². The van der Waals surface area contributed by atoms with Gasteiger partial charge in [0, 0.05) is 23.0 Å². The van der Waals surface area contributed by atoms with Gasteiger partial charge >= 0.3 is 0 Å². The highest BCUT2D eigenvalue weighted by atomic mass is 16.5. The van der Waals surface area contributed by atoms with E-state index in [0.29, 0.717) is 5.56 Å². The summed E-state index contributed by atoms with van der Waals surface area (Å²) < 4.78 is 5.23. The third-order valence-corrected chi connectivity index (χ3v) is 5.78. The number of methoxy groups -OCH3 is 1. The van der Waals surface area contributed by atoms with E-state index in [-0.39, 0.29) is 18.0 Å². The van der Waals surface area contributed by atoms with Crippen molar-refractivity contribution in [3.63, 3.8) is 0 Å². The normalized spacial score (nSPS) is 17.9. The van der Waals surface area contributed by atoms with Gasteiger partial charge in [-0.05, 0) is 75.2 Å². The van der Waals surface area contributed by atoms with Crippen LogP contribution in [0.4, 0.5) is 11.4 Å². The van der Waals surface area contributed by atoms with Gasteiger partial charge in [0.15, 0.2) is 0 Å². The molecule has 1 N–H and O–H groups in total. The van der Waals surface area contributed by atoms with Crippen LogP contribution in [0.5, 0.6) is 5.75 Å². The number of amides is 1. The minimum absolute atomic E-state index is 0.0176. The Bertz CT molecular complexity index is 1040. The van der Waals surface area contributed by atoms with Crippen LogP contribution in [-0.2, 0) is 0 Å². The highest BCUT2D eigenvalue weighted by Crippen LogP contribution is 2.40. The fourth-order valence-electron chi connectivity index (χ4n) is 4.15. The molecule has 0 spiro atoms. The predicted octanol–water partition coefficient (Wildman–Crippen LogP) is 5.90.